The van der Waals surface area contributed by atoms with Crippen molar-refractivity contribution in [1.82, 2.24) is 15.0 Å². The van der Waals surface area contributed by atoms with Crippen LogP contribution < -0.4 is 11.5 Å². The van der Waals surface area contributed by atoms with Crippen LogP contribution in [0.5, 0.6) is 0 Å². The number of fused-ring (bicyclic) bond motifs is 1. The third-order valence-electron chi connectivity index (χ3n) is 3.04. The summed E-state index contributed by atoms with van der Waals surface area (Å²) in [5.74, 6) is 1.19. The highest BCUT2D eigenvalue weighted by molar-refractivity contribution is 5.72. The van der Waals surface area contributed by atoms with Gasteiger partial charge in [0, 0.05) is 0 Å². The standard InChI is InChI=1S/C14H15N5/c15-10(8-9-4-2-1-3-5-9)13-17-11-6-7-12(16)18-14(11)19-13/h1-7,10H,8,15H2,(H3,16,17,18,19). The number of hydrogen-bond donors (Lipinski definition) is 3. The minimum absolute atomic E-state index is 0.183. The monoisotopic (exact) mass is 253 g/mol. The molecule has 96 valence electrons. The first-order valence-corrected chi connectivity index (χ1v) is 6.14. The highest BCUT2D eigenvalue weighted by Crippen LogP contribution is 2.17. The van der Waals surface area contributed by atoms with Crippen molar-refractivity contribution >= 4 is 17.0 Å². The van der Waals surface area contributed by atoms with Gasteiger partial charge in [-0.05, 0) is 24.1 Å². The molecule has 0 radical (unpaired) electrons. The van der Waals surface area contributed by atoms with Gasteiger partial charge in [-0.15, -0.1) is 0 Å². The molecule has 5 heteroatoms. The SMILES string of the molecule is Nc1ccc2[nH]c(C(N)Cc3ccccc3)nc2n1. The van der Waals surface area contributed by atoms with Gasteiger partial charge in [0.2, 0.25) is 0 Å². The molecule has 0 amide bonds. The number of nitrogens with one attached hydrogen (secondary N) is 1. The zero-order valence-electron chi connectivity index (χ0n) is 10.4. The number of hydrogen-bond acceptors (Lipinski definition) is 4. The number of aromatic amines is 1. The van der Waals surface area contributed by atoms with E-state index in [-0.39, 0.29) is 6.04 Å². The molecule has 3 rings (SSSR count). The lowest BCUT2D eigenvalue weighted by Crippen LogP contribution is -2.14. The van der Waals surface area contributed by atoms with Crippen molar-refractivity contribution < 1.29 is 0 Å². The first-order chi connectivity index (χ1) is 9.22. The molecule has 0 aliphatic carbocycles. The Kier molecular flexibility index (Phi) is 2.89. The van der Waals surface area contributed by atoms with Crippen molar-refractivity contribution in [2.75, 3.05) is 5.73 Å². The van der Waals surface area contributed by atoms with Crippen LogP contribution in [0.4, 0.5) is 5.82 Å². The number of nitrogen functional groups attached to an aromatic ring is 1. The number of nitrogens with two attached hydrogens (primary N) is 2. The predicted molar refractivity (Wildman–Crippen MR) is 75.4 cm³/mol. The maximum Gasteiger partial charge on any atom is 0.179 e. The van der Waals surface area contributed by atoms with Gasteiger partial charge in [-0.3, -0.25) is 0 Å². The molecule has 1 aromatic carbocycles. The number of anilines is 1. The second-order valence-electron chi connectivity index (χ2n) is 4.53. The van der Waals surface area contributed by atoms with Crippen LogP contribution in [0.15, 0.2) is 42.5 Å². The molecule has 1 atom stereocenters. The number of nitrogens with zero attached hydrogens (tertiary/aromatic N) is 2. The van der Waals surface area contributed by atoms with Crippen molar-refractivity contribution in [3.63, 3.8) is 0 Å². The Morgan fingerprint density at radius 1 is 1.05 bits per heavy atom. The molecule has 3 aromatic rings. The van der Waals surface area contributed by atoms with Crippen molar-refractivity contribution in [2.45, 2.75) is 12.5 Å². The third-order valence-corrected chi connectivity index (χ3v) is 3.04. The zero-order valence-corrected chi connectivity index (χ0v) is 10.4. The highest BCUT2D eigenvalue weighted by atomic mass is 15.0. The molecule has 2 aromatic heterocycles. The number of pyridine rings is 1. The molecular weight excluding hydrogens is 238 g/mol. The molecule has 2 heterocycles. The summed E-state index contributed by atoms with van der Waals surface area (Å²) in [5.41, 5.74) is 14.5. The topological polar surface area (TPSA) is 93.6 Å². The molecule has 0 bridgehead atoms. The number of rotatable bonds is 3. The lowest BCUT2D eigenvalue weighted by molar-refractivity contribution is 0.680. The van der Waals surface area contributed by atoms with Crippen LogP contribution in [0.2, 0.25) is 0 Å². The molecule has 0 saturated carbocycles. The average Bonchev–Trinajstić information content (AvgIpc) is 2.83. The first-order valence-electron chi connectivity index (χ1n) is 6.14. The fourth-order valence-electron chi connectivity index (χ4n) is 2.07. The van der Waals surface area contributed by atoms with E-state index in [1.54, 1.807) is 6.07 Å². The lowest BCUT2D eigenvalue weighted by atomic mass is 10.1. The summed E-state index contributed by atoms with van der Waals surface area (Å²) in [5, 5.41) is 0. The maximum atomic E-state index is 6.18. The summed E-state index contributed by atoms with van der Waals surface area (Å²) in [4.78, 5) is 11.8. The van der Waals surface area contributed by atoms with E-state index in [2.05, 4.69) is 27.1 Å². The Balaban J connectivity index is 1.87. The Hall–Kier alpha value is -2.40. The van der Waals surface area contributed by atoms with E-state index < -0.39 is 0 Å². The molecule has 19 heavy (non-hydrogen) atoms. The van der Waals surface area contributed by atoms with Gasteiger partial charge in [-0.2, -0.15) is 0 Å². The number of aromatic nitrogens is 3. The summed E-state index contributed by atoms with van der Waals surface area (Å²) in [6, 6.07) is 13.5. The van der Waals surface area contributed by atoms with Crippen molar-refractivity contribution in [3.05, 3.63) is 53.9 Å². The van der Waals surface area contributed by atoms with Crippen LogP contribution in [-0.4, -0.2) is 15.0 Å². The van der Waals surface area contributed by atoms with E-state index in [0.717, 1.165) is 17.8 Å². The lowest BCUT2D eigenvalue weighted by Gasteiger charge is -2.08. The van der Waals surface area contributed by atoms with Crippen LogP contribution in [-0.2, 0) is 6.42 Å². The van der Waals surface area contributed by atoms with Gasteiger partial charge >= 0.3 is 0 Å². The largest absolute Gasteiger partial charge is 0.384 e. The van der Waals surface area contributed by atoms with Crippen LogP contribution in [0.1, 0.15) is 17.4 Å². The summed E-state index contributed by atoms with van der Waals surface area (Å²) >= 11 is 0. The van der Waals surface area contributed by atoms with E-state index in [9.17, 15) is 0 Å². The van der Waals surface area contributed by atoms with Gasteiger partial charge in [-0.25, -0.2) is 9.97 Å². The first kappa shape index (κ1) is 11.7. The van der Waals surface area contributed by atoms with Crippen LogP contribution >= 0.6 is 0 Å². The molecule has 0 saturated heterocycles. The molecule has 5 N–H and O–H groups in total. The molecular formula is C14H15N5. The fraction of sp³-hybridized carbons (Fsp3) is 0.143. The third kappa shape index (κ3) is 2.41. The highest BCUT2D eigenvalue weighted by Gasteiger charge is 2.12. The molecule has 1 unspecified atom stereocenters. The minimum Gasteiger partial charge on any atom is -0.384 e. The molecule has 0 aliphatic rings. The van der Waals surface area contributed by atoms with Gasteiger partial charge in [0.25, 0.3) is 0 Å². The minimum atomic E-state index is -0.183. The van der Waals surface area contributed by atoms with Gasteiger partial charge in [-0.1, -0.05) is 30.3 Å². The zero-order chi connectivity index (χ0) is 13.2. The van der Waals surface area contributed by atoms with Crippen LogP contribution in [0, 0.1) is 0 Å². The summed E-state index contributed by atoms with van der Waals surface area (Å²) in [7, 11) is 0. The Morgan fingerprint density at radius 3 is 2.63 bits per heavy atom. The van der Waals surface area contributed by atoms with Gasteiger partial charge in [0.15, 0.2) is 5.65 Å². The Bertz CT molecular complexity index is 689. The number of imidazole rings is 1. The summed E-state index contributed by atoms with van der Waals surface area (Å²) < 4.78 is 0. The normalized spacial score (nSPS) is 12.7. The van der Waals surface area contributed by atoms with Crippen molar-refractivity contribution in [3.8, 4) is 0 Å². The molecule has 0 fully saturated rings. The van der Waals surface area contributed by atoms with E-state index in [1.807, 2.05) is 24.3 Å². The molecule has 5 nitrogen and oxygen atoms in total. The quantitative estimate of drug-likeness (QED) is 0.663. The Labute approximate surface area is 110 Å². The number of H-pyrrole nitrogens is 1. The molecule has 0 aliphatic heterocycles. The van der Waals surface area contributed by atoms with Crippen molar-refractivity contribution in [1.29, 1.82) is 0 Å². The van der Waals surface area contributed by atoms with E-state index in [4.69, 9.17) is 11.5 Å². The summed E-state index contributed by atoms with van der Waals surface area (Å²) in [6.07, 6.45) is 0.732. The average molecular weight is 253 g/mol. The second-order valence-corrected chi connectivity index (χ2v) is 4.53. The number of benzene rings is 1. The van der Waals surface area contributed by atoms with E-state index in [1.165, 1.54) is 5.56 Å². The van der Waals surface area contributed by atoms with E-state index >= 15 is 0 Å². The summed E-state index contributed by atoms with van der Waals surface area (Å²) in [6.45, 7) is 0. The van der Waals surface area contributed by atoms with Crippen LogP contribution in [0.25, 0.3) is 11.2 Å². The maximum absolute atomic E-state index is 6.18. The van der Waals surface area contributed by atoms with Crippen LogP contribution in [0.3, 0.4) is 0 Å². The second kappa shape index (κ2) is 4.70. The van der Waals surface area contributed by atoms with Gasteiger partial charge < -0.3 is 16.5 Å². The van der Waals surface area contributed by atoms with Gasteiger partial charge in [0.05, 0.1) is 11.6 Å². The fourth-order valence-corrected chi connectivity index (χ4v) is 2.07. The predicted octanol–water partition coefficient (Wildman–Crippen LogP) is 1.78. The van der Waals surface area contributed by atoms with Crippen molar-refractivity contribution in [2.24, 2.45) is 5.73 Å². The van der Waals surface area contributed by atoms with Gasteiger partial charge in [0.1, 0.15) is 11.6 Å². The Morgan fingerprint density at radius 2 is 1.84 bits per heavy atom. The smallest absolute Gasteiger partial charge is 0.179 e. The van der Waals surface area contributed by atoms with E-state index in [0.29, 0.717) is 11.5 Å². The molecule has 0 spiro atoms.